The molecule has 3 aromatic rings. The summed E-state index contributed by atoms with van der Waals surface area (Å²) in [4.78, 5) is 15.4. The number of carbonyl (C=O) groups excluding carboxylic acids is 1. The summed E-state index contributed by atoms with van der Waals surface area (Å²) in [5.41, 5.74) is 4.99. The van der Waals surface area contributed by atoms with Gasteiger partial charge < -0.3 is 29.7 Å². The zero-order chi connectivity index (χ0) is 25.1. The molecule has 8 nitrogen and oxygen atoms in total. The van der Waals surface area contributed by atoms with Gasteiger partial charge in [0, 0.05) is 39.4 Å². The maximum atomic E-state index is 13.1. The monoisotopic (exact) mass is 479 g/mol. The van der Waals surface area contributed by atoms with Crippen LogP contribution in [0, 0.1) is 0 Å². The Labute approximate surface area is 205 Å². The number of hydrogen-bond acceptors (Lipinski definition) is 7. The van der Waals surface area contributed by atoms with Crippen LogP contribution in [0.4, 0.5) is 0 Å². The van der Waals surface area contributed by atoms with Crippen molar-refractivity contribution in [3.8, 4) is 33.9 Å². The minimum atomic E-state index is -0.356. The van der Waals surface area contributed by atoms with Gasteiger partial charge in [0.05, 0.1) is 11.1 Å². The Morgan fingerprint density at radius 3 is 2.74 bits per heavy atom. The highest BCUT2D eigenvalue weighted by atomic mass is 16.5. The van der Waals surface area contributed by atoms with E-state index in [9.17, 15) is 15.0 Å². The van der Waals surface area contributed by atoms with Crippen LogP contribution in [0.25, 0.3) is 22.5 Å². The van der Waals surface area contributed by atoms with Gasteiger partial charge >= 0.3 is 0 Å². The van der Waals surface area contributed by atoms with Crippen molar-refractivity contribution in [2.45, 2.75) is 39.2 Å². The van der Waals surface area contributed by atoms with E-state index in [2.05, 4.69) is 34.6 Å². The first-order valence-electron chi connectivity index (χ1n) is 11.9. The highest BCUT2D eigenvalue weighted by molar-refractivity contribution is 6.02. The Morgan fingerprint density at radius 2 is 2.00 bits per heavy atom. The van der Waals surface area contributed by atoms with Crippen LogP contribution >= 0.6 is 0 Å². The standard InChI is InChI=1S/C27H33N3O5/c1-16(2)20-13-21(23(32)14-22(20)31)26-24(25(29-35-26)27(33)28-9-5-11-34-4)18-6-7-19-15-30(3)10-8-17(19)12-18/h6-7,12-14,16,31-32H,5,8-11,15H2,1-4H3,(H,28,33). The maximum absolute atomic E-state index is 13.1. The van der Waals surface area contributed by atoms with Crippen molar-refractivity contribution >= 4 is 5.91 Å². The topological polar surface area (TPSA) is 108 Å². The number of phenolic OH excluding ortho intramolecular Hbond substituents is 2. The van der Waals surface area contributed by atoms with E-state index in [1.807, 2.05) is 19.9 Å². The van der Waals surface area contributed by atoms with Gasteiger partial charge in [0.25, 0.3) is 5.91 Å². The van der Waals surface area contributed by atoms with Crippen molar-refractivity contribution in [3.05, 3.63) is 52.7 Å². The fourth-order valence-corrected chi connectivity index (χ4v) is 4.49. The summed E-state index contributed by atoms with van der Waals surface area (Å²) in [6, 6.07) is 9.14. The van der Waals surface area contributed by atoms with Crippen molar-refractivity contribution in [1.82, 2.24) is 15.4 Å². The second kappa shape index (κ2) is 10.5. The van der Waals surface area contributed by atoms with Crippen molar-refractivity contribution in [3.63, 3.8) is 0 Å². The molecule has 1 amide bonds. The van der Waals surface area contributed by atoms with E-state index < -0.39 is 0 Å². The Kier molecular flexibility index (Phi) is 7.42. The van der Waals surface area contributed by atoms with E-state index >= 15 is 0 Å². The van der Waals surface area contributed by atoms with Gasteiger partial charge in [-0.3, -0.25) is 4.79 Å². The van der Waals surface area contributed by atoms with Crippen LogP contribution in [0.5, 0.6) is 11.5 Å². The molecule has 1 aliphatic rings. The molecule has 2 aromatic carbocycles. The molecule has 35 heavy (non-hydrogen) atoms. The van der Waals surface area contributed by atoms with Crippen LogP contribution in [0.15, 0.2) is 34.9 Å². The number of rotatable bonds is 8. The molecule has 0 spiro atoms. The summed E-state index contributed by atoms with van der Waals surface area (Å²) in [7, 11) is 3.72. The van der Waals surface area contributed by atoms with Crippen LogP contribution < -0.4 is 5.32 Å². The summed E-state index contributed by atoms with van der Waals surface area (Å²) in [5, 5.41) is 28.1. The third-order valence-corrected chi connectivity index (χ3v) is 6.43. The average molecular weight is 480 g/mol. The lowest BCUT2D eigenvalue weighted by molar-refractivity contribution is 0.0940. The van der Waals surface area contributed by atoms with Gasteiger partial charge in [-0.2, -0.15) is 0 Å². The van der Waals surface area contributed by atoms with Crippen LogP contribution in [-0.2, 0) is 17.7 Å². The lowest BCUT2D eigenvalue weighted by Crippen LogP contribution is -2.26. The zero-order valence-corrected chi connectivity index (χ0v) is 20.7. The molecule has 0 saturated carbocycles. The van der Waals surface area contributed by atoms with E-state index in [4.69, 9.17) is 9.26 Å². The lowest BCUT2D eigenvalue weighted by Gasteiger charge is -2.25. The van der Waals surface area contributed by atoms with Gasteiger partial charge in [-0.05, 0) is 54.1 Å². The molecule has 3 N–H and O–H groups in total. The molecule has 0 bridgehead atoms. The smallest absolute Gasteiger partial charge is 0.274 e. The van der Waals surface area contributed by atoms with Gasteiger partial charge in [0.2, 0.25) is 0 Å². The highest BCUT2D eigenvalue weighted by Gasteiger charge is 2.28. The first-order chi connectivity index (χ1) is 16.8. The molecule has 4 rings (SSSR count). The lowest BCUT2D eigenvalue weighted by atomic mass is 9.91. The number of likely N-dealkylation sites (N-methyl/N-ethyl adjacent to an activating group) is 1. The number of methoxy groups -OCH3 is 1. The predicted molar refractivity (Wildman–Crippen MR) is 134 cm³/mol. The third kappa shape index (κ3) is 5.18. The van der Waals surface area contributed by atoms with Crippen molar-refractivity contribution in [2.75, 3.05) is 33.9 Å². The second-order valence-corrected chi connectivity index (χ2v) is 9.39. The number of phenols is 2. The third-order valence-electron chi connectivity index (χ3n) is 6.43. The summed E-state index contributed by atoms with van der Waals surface area (Å²) in [6.45, 7) is 6.71. The quantitative estimate of drug-likeness (QED) is 0.414. The maximum Gasteiger partial charge on any atom is 0.274 e. The molecule has 1 aliphatic heterocycles. The van der Waals surface area contributed by atoms with Gasteiger partial charge in [-0.15, -0.1) is 0 Å². The largest absolute Gasteiger partial charge is 0.508 e. The Balaban J connectivity index is 1.83. The van der Waals surface area contributed by atoms with Crippen LogP contribution in [0.3, 0.4) is 0 Å². The predicted octanol–water partition coefficient (Wildman–Crippen LogP) is 4.30. The molecular formula is C27H33N3O5. The number of ether oxygens (including phenoxy) is 1. The summed E-state index contributed by atoms with van der Waals surface area (Å²) in [6.07, 6.45) is 1.58. The van der Waals surface area contributed by atoms with Gasteiger partial charge in [0.1, 0.15) is 11.5 Å². The van der Waals surface area contributed by atoms with Crippen LogP contribution in [-0.4, -0.2) is 60.0 Å². The minimum absolute atomic E-state index is 0.0105. The number of nitrogens with one attached hydrogen (secondary N) is 1. The number of aromatic hydroxyl groups is 2. The molecule has 0 aliphatic carbocycles. The Hall–Kier alpha value is -3.36. The van der Waals surface area contributed by atoms with Crippen LogP contribution in [0.2, 0.25) is 0 Å². The molecule has 0 unspecified atom stereocenters. The van der Waals surface area contributed by atoms with Crippen molar-refractivity contribution in [1.29, 1.82) is 0 Å². The van der Waals surface area contributed by atoms with E-state index in [0.29, 0.717) is 42.0 Å². The number of carbonyl (C=O) groups is 1. The van der Waals surface area contributed by atoms with Gasteiger partial charge in [-0.1, -0.05) is 37.2 Å². The SMILES string of the molecule is COCCCNC(=O)c1noc(-c2cc(C(C)C)c(O)cc2O)c1-c1ccc2c(c1)CCN(C)C2. The molecule has 0 radical (unpaired) electrons. The Morgan fingerprint density at radius 1 is 1.20 bits per heavy atom. The summed E-state index contributed by atoms with van der Waals surface area (Å²) < 4.78 is 10.8. The molecule has 0 saturated heterocycles. The summed E-state index contributed by atoms with van der Waals surface area (Å²) >= 11 is 0. The highest BCUT2D eigenvalue weighted by Crippen LogP contribution is 2.43. The normalized spacial score (nSPS) is 13.7. The minimum Gasteiger partial charge on any atom is -0.508 e. The van der Waals surface area contributed by atoms with Crippen molar-refractivity contribution < 1.29 is 24.3 Å². The first-order valence-corrected chi connectivity index (χ1v) is 11.9. The number of benzene rings is 2. The molecule has 2 heterocycles. The van der Waals surface area contributed by atoms with E-state index in [1.165, 1.54) is 17.2 Å². The van der Waals surface area contributed by atoms with Crippen molar-refractivity contribution in [2.24, 2.45) is 0 Å². The molecule has 8 heteroatoms. The van der Waals surface area contributed by atoms with E-state index in [0.717, 1.165) is 25.1 Å². The molecule has 0 atom stereocenters. The first kappa shape index (κ1) is 24.8. The fourth-order valence-electron chi connectivity index (χ4n) is 4.49. The van der Waals surface area contributed by atoms with Gasteiger partial charge in [-0.25, -0.2) is 0 Å². The number of hydrogen-bond donors (Lipinski definition) is 3. The van der Waals surface area contributed by atoms with E-state index in [-0.39, 0.29) is 29.0 Å². The molecule has 186 valence electrons. The molecule has 0 fully saturated rings. The average Bonchev–Trinajstić information content (AvgIpc) is 3.26. The van der Waals surface area contributed by atoms with E-state index in [1.54, 1.807) is 13.2 Å². The Bertz CT molecular complexity index is 1220. The van der Waals surface area contributed by atoms with Gasteiger partial charge in [0.15, 0.2) is 11.5 Å². The number of fused-ring (bicyclic) bond motifs is 1. The molecule has 1 aromatic heterocycles. The fraction of sp³-hybridized carbons (Fsp3) is 0.407. The zero-order valence-electron chi connectivity index (χ0n) is 20.7. The number of amides is 1. The second-order valence-electron chi connectivity index (χ2n) is 9.39. The molecular weight excluding hydrogens is 446 g/mol. The summed E-state index contributed by atoms with van der Waals surface area (Å²) in [5.74, 6) is -0.178. The number of aromatic nitrogens is 1. The number of nitrogens with zero attached hydrogens (tertiary/aromatic N) is 2. The van der Waals surface area contributed by atoms with Crippen LogP contribution in [0.1, 0.15) is 53.4 Å².